The van der Waals surface area contributed by atoms with Crippen LogP contribution in [-0.4, -0.2) is 38.8 Å². The van der Waals surface area contributed by atoms with Crippen LogP contribution in [0.4, 0.5) is 0 Å². The van der Waals surface area contributed by atoms with Gasteiger partial charge in [-0.1, -0.05) is 37.3 Å². The van der Waals surface area contributed by atoms with Gasteiger partial charge in [-0.2, -0.15) is 0 Å². The Morgan fingerprint density at radius 1 is 1.10 bits per heavy atom. The van der Waals surface area contributed by atoms with Gasteiger partial charge in [0, 0.05) is 29.3 Å². The van der Waals surface area contributed by atoms with Crippen molar-refractivity contribution in [2.75, 3.05) is 13.1 Å². The van der Waals surface area contributed by atoms with E-state index in [0.717, 1.165) is 37.5 Å². The predicted molar refractivity (Wildman–Crippen MR) is 124 cm³/mol. The number of hydrogen-bond acceptors (Lipinski definition) is 4. The van der Waals surface area contributed by atoms with E-state index >= 15 is 0 Å². The van der Waals surface area contributed by atoms with Crippen molar-refractivity contribution in [1.29, 1.82) is 0 Å². The monoisotopic (exact) mass is 446 g/mol. The average Bonchev–Trinajstić information content (AvgIpc) is 3.54. The summed E-state index contributed by atoms with van der Waals surface area (Å²) in [7, 11) is -3.41. The van der Waals surface area contributed by atoms with Crippen LogP contribution in [0.1, 0.15) is 32.3 Å². The summed E-state index contributed by atoms with van der Waals surface area (Å²) in [5, 5.41) is 7.04. The highest BCUT2D eigenvalue weighted by molar-refractivity contribution is 8.00. The molecule has 0 radical (unpaired) electrons. The maximum Gasteiger partial charge on any atom is 0.240 e. The molecule has 30 heavy (non-hydrogen) atoms. The zero-order chi connectivity index (χ0) is 21.4. The first-order valence-electron chi connectivity index (χ1n) is 10.3. The summed E-state index contributed by atoms with van der Waals surface area (Å²) in [6.07, 6.45) is 1.85. The van der Waals surface area contributed by atoms with Crippen molar-refractivity contribution in [3.63, 3.8) is 0 Å². The van der Waals surface area contributed by atoms with E-state index in [-0.39, 0.29) is 6.04 Å². The summed E-state index contributed by atoms with van der Waals surface area (Å²) in [4.78, 5) is 6.19. The Bertz CT molecular complexity index is 927. The van der Waals surface area contributed by atoms with Crippen LogP contribution < -0.4 is 15.4 Å². The maximum atomic E-state index is 12.3. The zero-order valence-corrected chi connectivity index (χ0v) is 19.1. The van der Waals surface area contributed by atoms with Crippen LogP contribution in [-0.2, 0) is 16.6 Å². The lowest BCUT2D eigenvalue weighted by molar-refractivity contribution is 0.581. The number of guanidine groups is 1. The first-order valence-corrected chi connectivity index (χ1v) is 12.7. The molecule has 3 rings (SSSR count). The Morgan fingerprint density at radius 2 is 1.80 bits per heavy atom. The van der Waals surface area contributed by atoms with Gasteiger partial charge in [-0.25, -0.2) is 18.1 Å². The Morgan fingerprint density at radius 3 is 2.43 bits per heavy atom. The van der Waals surface area contributed by atoms with E-state index in [0.29, 0.717) is 16.7 Å². The molecule has 2 aromatic carbocycles. The van der Waals surface area contributed by atoms with E-state index in [4.69, 9.17) is 0 Å². The lowest BCUT2D eigenvalue weighted by Gasteiger charge is -2.16. The molecule has 0 heterocycles. The lowest BCUT2D eigenvalue weighted by Crippen LogP contribution is -2.40. The fourth-order valence-electron chi connectivity index (χ4n) is 2.79. The topological polar surface area (TPSA) is 82.6 Å². The quantitative estimate of drug-likeness (QED) is 0.296. The van der Waals surface area contributed by atoms with Gasteiger partial charge < -0.3 is 10.6 Å². The van der Waals surface area contributed by atoms with Gasteiger partial charge >= 0.3 is 0 Å². The molecule has 0 saturated heterocycles. The molecule has 1 atom stereocenters. The Hall–Kier alpha value is -2.03. The van der Waals surface area contributed by atoms with Crippen molar-refractivity contribution < 1.29 is 8.42 Å². The van der Waals surface area contributed by atoms with E-state index < -0.39 is 10.0 Å². The Balaban J connectivity index is 1.53. The van der Waals surface area contributed by atoms with Gasteiger partial charge in [0.1, 0.15) is 0 Å². The van der Waals surface area contributed by atoms with Crippen LogP contribution in [0.3, 0.4) is 0 Å². The molecule has 0 aromatic heterocycles. The second-order valence-corrected chi connectivity index (χ2v) is 10.6. The van der Waals surface area contributed by atoms with Crippen LogP contribution >= 0.6 is 11.8 Å². The average molecular weight is 447 g/mol. The molecule has 1 aliphatic carbocycles. The molecule has 1 unspecified atom stereocenters. The lowest BCUT2D eigenvalue weighted by atomic mass is 10.2. The third kappa shape index (κ3) is 7.34. The number of benzene rings is 2. The summed E-state index contributed by atoms with van der Waals surface area (Å²) in [5.41, 5.74) is 0.962. The summed E-state index contributed by atoms with van der Waals surface area (Å²) in [5.74, 6) is 0.755. The van der Waals surface area contributed by atoms with Gasteiger partial charge in [0.15, 0.2) is 5.96 Å². The summed E-state index contributed by atoms with van der Waals surface area (Å²) >= 11 is 1.82. The molecule has 162 valence electrons. The van der Waals surface area contributed by atoms with E-state index in [1.807, 2.05) is 49.0 Å². The summed E-state index contributed by atoms with van der Waals surface area (Å²) < 4.78 is 27.2. The molecule has 0 bridgehead atoms. The zero-order valence-electron chi connectivity index (χ0n) is 17.5. The summed E-state index contributed by atoms with van der Waals surface area (Å²) in [6.45, 7) is 6.26. The first kappa shape index (κ1) is 22.7. The van der Waals surface area contributed by atoms with Gasteiger partial charge in [-0.3, -0.25) is 0 Å². The molecular weight excluding hydrogens is 416 g/mol. The number of nitrogens with one attached hydrogen (secondary N) is 3. The highest BCUT2D eigenvalue weighted by Gasteiger charge is 2.27. The van der Waals surface area contributed by atoms with E-state index in [1.165, 1.54) is 4.90 Å². The van der Waals surface area contributed by atoms with Crippen LogP contribution in [0.15, 0.2) is 69.4 Å². The minimum Gasteiger partial charge on any atom is -0.357 e. The third-order valence-electron chi connectivity index (χ3n) is 4.53. The smallest absolute Gasteiger partial charge is 0.240 e. The van der Waals surface area contributed by atoms with Crippen molar-refractivity contribution in [2.45, 2.75) is 54.3 Å². The van der Waals surface area contributed by atoms with Crippen molar-refractivity contribution in [2.24, 2.45) is 4.99 Å². The molecule has 0 amide bonds. The van der Waals surface area contributed by atoms with E-state index in [9.17, 15) is 8.42 Å². The normalized spacial score (nSPS) is 15.6. The number of aliphatic imine (C=N–C) groups is 1. The first-order chi connectivity index (χ1) is 14.5. The molecule has 1 saturated carbocycles. The number of nitrogens with zero attached hydrogens (tertiary/aromatic N) is 1. The van der Waals surface area contributed by atoms with Crippen LogP contribution in [0.25, 0.3) is 0 Å². The molecule has 6 nitrogen and oxygen atoms in total. The number of thioether (sulfide) groups is 1. The summed E-state index contributed by atoms with van der Waals surface area (Å²) in [6, 6.07) is 17.4. The van der Waals surface area contributed by atoms with Crippen molar-refractivity contribution in [1.82, 2.24) is 15.4 Å². The Labute approximate surface area is 184 Å². The van der Waals surface area contributed by atoms with Crippen LogP contribution in [0, 0.1) is 0 Å². The fourth-order valence-corrected chi connectivity index (χ4v) is 5.04. The number of rotatable bonds is 10. The van der Waals surface area contributed by atoms with Gasteiger partial charge in [-0.05, 0) is 49.6 Å². The molecule has 3 N–H and O–H groups in total. The molecule has 1 aliphatic rings. The second-order valence-electron chi connectivity index (χ2n) is 7.36. The molecule has 8 heteroatoms. The van der Waals surface area contributed by atoms with Gasteiger partial charge in [0.25, 0.3) is 0 Å². The molecule has 0 spiro atoms. The number of sulfonamides is 1. The molecular formula is C22H30N4O2S2. The van der Waals surface area contributed by atoms with Gasteiger partial charge in [0.2, 0.25) is 10.0 Å². The van der Waals surface area contributed by atoms with Crippen LogP contribution in [0.2, 0.25) is 0 Å². The minimum atomic E-state index is -3.41. The van der Waals surface area contributed by atoms with Crippen molar-refractivity contribution >= 4 is 27.7 Å². The van der Waals surface area contributed by atoms with Crippen molar-refractivity contribution in [3.8, 4) is 0 Å². The number of hydrogen-bond donors (Lipinski definition) is 3. The van der Waals surface area contributed by atoms with Gasteiger partial charge in [0.05, 0.1) is 11.4 Å². The van der Waals surface area contributed by atoms with Crippen LogP contribution in [0.5, 0.6) is 0 Å². The van der Waals surface area contributed by atoms with E-state index in [1.54, 1.807) is 12.1 Å². The fraction of sp³-hybridized carbons (Fsp3) is 0.409. The van der Waals surface area contributed by atoms with Crippen molar-refractivity contribution in [3.05, 3.63) is 60.2 Å². The SMILES string of the molecule is CCNC(=NCc1ccc(S(=O)(=O)NC2CC2)cc1)NCC(C)Sc1ccccc1. The largest absolute Gasteiger partial charge is 0.357 e. The van der Waals surface area contributed by atoms with E-state index in [2.05, 4.69) is 39.4 Å². The molecule has 2 aromatic rings. The Kier molecular flexibility index (Phi) is 8.18. The maximum absolute atomic E-state index is 12.3. The molecule has 0 aliphatic heterocycles. The van der Waals surface area contributed by atoms with Gasteiger partial charge in [-0.15, -0.1) is 11.8 Å². The third-order valence-corrected chi connectivity index (χ3v) is 7.18. The minimum absolute atomic E-state index is 0.107. The molecule has 1 fully saturated rings. The standard InChI is InChI=1S/C22H30N4O2S2/c1-3-23-22(24-15-17(2)29-20-7-5-4-6-8-20)25-16-18-9-13-21(14-10-18)30(27,28)26-19-11-12-19/h4-10,13-14,17,19,26H,3,11-12,15-16H2,1-2H3,(H2,23,24,25). The highest BCUT2D eigenvalue weighted by Crippen LogP contribution is 2.23. The predicted octanol–water partition coefficient (Wildman–Crippen LogP) is 3.36. The highest BCUT2D eigenvalue weighted by atomic mass is 32.2. The second kappa shape index (κ2) is 10.8.